The second-order valence-corrected chi connectivity index (χ2v) is 3.06. The van der Waals surface area contributed by atoms with Gasteiger partial charge in [-0.15, -0.1) is 0 Å². The third-order valence-electron chi connectivity index (χ3n) is 1.73. The van der Waals surface area contributed by atoms with E-state index in [1.807, 2.05) is 13.8 Å². The van der Waals surface area contributed by atoms with Gasteiger partial charge in [0, 0.05) is 18.5 Å². The number of nitrogens with two attached hydrogens (primary N) is 1. The highest BCUT2D eigenvalue weighted by molar-refractivity contribution is 5.98. The standard InChI is InChI=1S/C9H18N2/c1-6(2)9(7(3)10)8(4)11-5/h6H,10H2,1-5H3. The van der Waals surface area contributed by atoms with E-state index >= 15 is 0 Å². The average molecular weight is 154 g/mol. The maximum Gasteiger partial charge on any atom is 0.0365 e. The lowest BCUT2D eigenvalue weighted by Gasteiger charge is -2.12. The minimum atomic E-state index is 0.462. The molecule has 0 atom stereocenters. The normalized spacial score (nSPS) is 15.3. The van der Waals surface area contributed by atoms with Gasteiger partial charge >= 0.3 is 0 Å². The van der Waals surface area contributed by atoms with Gasteiger partial charge in [-0.25, -0.2) is 0 Å². The van der Waals surface area contributed by atoms with Crippen molar-refractivity contribution in [3.05, 3.63) is 11.3 Å². The van der Waals surface area contributed by atoms with Crippen molar-refractivity contribution in [2.24, 2.45) is 16.6 Å². The van der Waals surface area contributed by atoms with Crippen LogP contribution in [0.4, 0.5) is 0 Å². The number of allylic oxidation sites excluding steroid dienone is 2. The zero-order chi connectivity index (χ0) is 9.02. The average Bonchev–Trinajstić information content (AvgIpc) is 1.85. The highest BCUT2D eigenvalue weighted by Gasteiger charge is 2.07. The molecular formula is C9H18N2. The number of hydrogen-bond donors (Lipinski definition) is 1. The molecule has 0 amide bonds. The molecule has 0 aliphatic heterocycles. The molecule has 0 rings (SSSR count). The fraction of sp³-hybridized carbons (Fsp3) is 0.667. The molecule has 0 aliphatic carbocycles. The van der Waals surface area contributed by atoms with E-state index < -0.39 is 0 Å². The molecule has 2 nitrogen and oxygen atoms in total. The molecule has 64 valence electrons. The molecule has 0 aromatic heterocycles. The monoisotopic (exact) mass is 154 g/mol. The third kappa shape index (κ3) is 2.74. The fourth-order valence-corrected chi connectivity index (χ4v) is 1.28. The number of rotatable bonds is 2. The van der Waals surface area contributed by atoms with Crippen LogP contribution in [0.2, 0.25) is 0 Å². The van der Waals surface area contributed by atoms with Gasteiger partial charge in [-0.1, -0.05) is 13.8 Å². The van der Waals surface area contributed by atoms with Crippen LogP contribution in [0.15, 0.2) is 16.3 Å². The van der Waals surface area contributed by atoms with Gasteiger partial charge in [-0.05, 0) is 25.3 Å². The van der Waals surface area contributed by atoms with Crippen LogP contribution in [-0.2, 0) is 0 Å². The van der Waals surface area contributed by atoms with Crippen molar-refractivity contribution in [1.82, 2.24) is 0 Å². The lowest BCUT2D eigenvalue weighted by Crippen LogP contribution is -2.11. The first-order valence-corrected chi connectivity index (χ1v) is 3.90. The molecule has 0 fully saturated rings. The van der Waals surface area contributed by atoms with Crippen molar-refractivity contribution < 1.29 is 0 Å². The van der Waals surface area contributed by atoms with Crippen molar-refractivity contribution in [1.29, 1.82) is 0 Å². The lowest BCUT2D eigenvalue weighted by molar-refractivity contribution is 0.787. The molecular weight excluding hydrogens is 136 g/mol. The second-order valence-electron chi connectivity index (χ2n) is 3.06. The Kier molecular flexibility index (Phi) is 3.86. The highest BCUT2D eigenvalue weighted by atomic mass is 14.7. The summed E-state index contributed by atoms with van der Waals surface area (Å²) in [5, 5.41) is 0. The SMILES string of the molecule is CN=C(C)C(=C(C)N)C(C)C. The number of aliphatic imine (C=N–C) groups is 1. The first-order chi connectivity index (χ1) is 5.00. The van der Waals surface area contributed by atoms with Gasteiger partial charge in [0.2, 0.25) is 0 Å². The van der Waals surface area contributed by atoms with Crippen LogP contribution in [0.25, 0.3) is 0 Å². The van der Waals surface area contributed by atoms with E-state index in [4.69, 9.17) is 5.73 Å². The quantitative estimate of drug-likeness (QED) is 0.607. The zero-order valence-electron chi connectivity index (χ0n) is 8.10. The maximum absolute atomic E-state index is 5.71. The van der Waals surface area contributed by atoms with Crippen molar-refractivity contribution >= 4 is 5.71 Å². The van der Waals surface area contributed by atoms with Crippen molar-refractivity contribution in [3.8, 4) is 0 Å². The number of hydrogen-bond acceptors (Lipinski definition) is 2. The summed E-state index contributed by atoms with van der Waals surface area (Å²) < 4.78 is 0. The Bertz CT molecular complexity index is 184. The smallest absolute Gasteiger partial charge is 0.0365 e. The Morgan fingerprint density at radius 3 is 1.82 bits per heavy atom. The van der Waals surface area contributed by atoms with E-state index in [9.17, 15) is 0 Å². The van der Waals surface area contributed by atoms with Crippen LogP contribution >= 0.6 is 0 Å². The first kappa shape index (κ1) is 10.2. The summed E-state index contributed by atoms with van der Waals surface area (Å²) in [6.07, 6.45) is 0. The molecule has 0 bridgehead atoms. The molecule has 0 aromatic carbocycles. The van der Waals surface area contributed by atoms with Crippen LogP contribution in [-0.4, -0.2) is 12.8 Å². The Morgan fingerprint density at radius 2 is 1.73 bits per heavy atom. The second kappa shape index (κ2) is 4.16. The Labute approximate surface area is 69.2 Å². The van der Waals surface area contributed by atoms with Crippen molar-refractivity contribution in [3.63, 3.8) is 0 Å². The lowest BCUT2D eigenvalue weighted by atomic mass is 9.97. The van der Waals surface area contributed by atoms with Crippen LogP contribution in [0.1, 0.15) is 27.7 Å². The van der Waals surface area contributed by atoms with Crippen LogP contribution in [0, 0.1) is 5.92 Å². The van der Waals surface area contributed by atoms with Crippen LogP contribution in [0.3, 0.4) is 0 Å². The van der Waals surface area contributed by atoms with Gasteiger partial charge < -0.3 is 5.73 Å². The predicted molar refractivity (Wildman–Crippen MR) is 50.8 cm³/mol. The summed E-state index contributed by atoms with van der Waals surface area (Å²) in [5.41, 5.74) is 8.81. The predicted octanol–water partition coefficient (Wildman–Crippen LogP) is 1.97. The summed E-state index contributed by atoms with van der Waals surface area (Å²) in [4.78, 5) is 4.11. The zero-order valence-corrected chi connectivity index (χ0v) is 8.10. The van der Waals surface area contributed by atoms with E-state index in [0.29, 0.717) is 5.92 Å². The van der Waals surface area contributed by atoms with Crippen LogP contribution in [0.5, 0.6) is 0 Å². The molecule has 0 saturated heterocycles. The Morgan fingerprint density at radius 1 is 1.27 bits per heavy atom. The Balaban J connectivity index is 4.79. The third-order valence-corrected chi connectivity index (χ3v) is 1.73. The van der Waals surface area contributed by atoms with Gasteiger partial charge in [-0.3, -0.25) is 4.99 Å². The molecule has 2 heteroatoms. The molecule has 0 aromatic rings. The fourth-order valence-electron chi connectivity index (χ4n) is 1.28. The molecule has 0 saturated carbocycles. The van der Waals surface area contributed by atoms with E-state index in [2.05, 4.69) is 18.8 Å². The van der Waals surface area contributed by atoms with E-state index in [0.717, 1.165) is 11.4 Å². The van der Waals surface area contributed by atoms with Gasteiger partial charge in [-0.2, -0.15) is 0 Å². The first-order valence-electron chi connectivity index (χ1n) is 3.90. The summed E-state index contributed by atoms with van der Waals surface area (Å²) in [7, 11) is 1.79. The van der Waals surface area contributed by atoms with Crippen molar-refractivity contribution in [2.75, 3.05) is 7.05 Å². The number of nitrogens with zero attached hydrogens (tertiary/aromatic N) is 1. The molecule has 0 heterocycles. The molecule has 11 heavy (non-hydrogen) atoms. The molecule has 0 spiro atoms. The van der Waals surface area contributed by atoms with E-state index in [-0.39, 0.29) is 0 Å². The van der Waals surface area contributed by atoms with E-state index in [1.165, 1.54) is 5.57 Å². The molecule has 0 aliphatic rings. The van der Waals surface area contributed by atoms with E-state index in [1.54, 1.807) is 7.05 Å². The summed E-state index contributed by atoms with van der Waals surface area (Å²) >= 11 is 0. The maximum atomic E-state index is 5.71. The Hall–Kier alpha value is -0.790. The minimum absolute atomic E-state index is 0.462. The van der Waals surface area contributed by atoms with Crippen molar-refractivity contribution in [2.45, 2.75) is 27.7 Å². The molecule has 0 unspecified atom stereocenters. The summed E-state index contributed by atoms with van der Waals surface area (Å²) in [6, 6.07) is 0. The summed E-state index contributed by atoms with van der Waals surface area (Å²) in [5.74, 6) is 0.462. The molecule has 0 radical (unpaired) electrons. The van der Waals surface area contributed by atoms with Crippen LogP contribution < -0.4 is 5.73 Å². The van der Waals surface area contributed by atoms with Gasteiger partial charge in [0.1, 0.15) is 0 Å². The van der Waals surface area contributed by atoms with Gasteiger partial charge in [0.25, 0.3) is 0 Å². The molecule has 2 N–H and O–H groups in total. The largest absolute Gasteiger partial charge is 0.402 e. The summed E-state index contributed by atoms with van der Waals surface area (Å²) in [6.45, 7) is 8.16. The minimum Gasteiger partial charge on any atom is -0.402 e. The topological polar surface area (TPSA) is 38.4 Å². The van der Waals surface area contributed by atoms with Gasteiger partial charge in [0.15, 0.2) is 0 Å². The van der Waals surface area contributed by atoms with Gasteiger partial charge in [0.05, 0.1) is 0 Å². The highest BCUT2D eigenvalue weighted by Crippen LogP contribution is 2.13.